The molecule has 2 aromatic carbocycles. The third-order valence-corrected chi connectivity index (χ3v) is 4.50. The van der Waals surface area contributed by atoms with E-state index >= 15 is 0 Å². The molecule has 2 aromatic rings. The van der Waals surface area contributed by atoms with E-state index in [-0.39, 0.29) is 19.2 Å². The molecule has 196 valence electrons. The second-order valence-corrected chi connectivity index (χ2v) is 8.53. The summed E-state index contributed by atoms with van der Waals surface area (Å²) in [4.78, 5) is 41.1. The predicted molar refractivity (Wildman–Crippen MR) is 128 cm³/mol. The van der Waals surface area contributed by atoms with Crippen molar-refractivity contribution in [3.05, 3.63) is 93.7 Å². The Morgan fingerprint density at radius 1 is 1.05 bits per heavy atom. The first kappa shape index (κ1) is 28.8. The molecule has 11 heteroatoms. The summed E-state index contributed by atoms with van der Waals surface area (Å²) in [6.45, 7) is 4.03. The number of hydrogen-bond donors (Lipinski definition) is 2. The van der Waals surface area contributed by atoms with Crippen LogP contribution in [0.5, 0.6) is 0 Å². The molecule has 0 aliphatic carbocycles. The third-order valence-electron chi connectivity index (χ3n) is 4.50. The normalized spacial score (nSPS) is 11.9. The molecule has 0 fully saturated rings. The number of nitrogens with zero attached hydrogens (tertiary/aromatic N) is 1. The van der Waals surface area contributed by atoms with E-state index in [0.29, 0.717) is 17.7 Å². The Morgan fingerprint density at radius 3 is 2.19 bits per heavy atom. The zero-order valence-electron chi connectivity index (χ0n) is 20.3. The van der Waals surface area contributed by atoms with Gasteiger partial charge in [-0.2, -0.15) is 0 Å². The van der Waals surface area contributed by atoms with Gasteiger partial charge in [0.05, 0.1) is 11.8 Å². The number of carbonyl (C=O) groups excluding carboxylic acids is 3. The van der Waals surface area contributed by atoms with E-state index in [0.717, 1.165) is 6.21 Å². The van der Waals surface area contributed by atoms with Gasteiger partial charge >= 0.3 is 0 Å². The molecule has 0 aliphatic rings. The fourth-order valence-electron chi connectivity index (χ4n) is 2.74. The van der Waals surface area contributed by atoms with Crippen molar-refractivity contribution < 1.29 is 42.2 Å². The summed E-state index contributed by atoms with van der Waals surface area (Å²) in [6, 6.07) is 9.41. The largest absolute Gasteiger partial charge is 0.504 e. The van der Waals surface area contributed by atoms with Crippen LogP contribution in [0.25, 0.3) is 0 Å². The molecule has 0 saturated heterocycles. The number of amides is 1. The number of ether oxygens (including phenoxy) is 1. The minimum atomic E-state index is -1.24. The maximum Gasteiger partial charge on any atom is 0.257 e. The van der Waals surface area contributed by atoms with Crippen molar-refractivity contribution in [2.75, 3.05) is 0 Å². The summed E-state index contributed by atoms with van der Waals surface area (Å²) in [7, 11) is 0. The van der Waals surface area contributed by atoms with Crippen LogP contribution in [0, 0.1) is 17.5 Å². The first-order chi connectivity index (χ1) is 17.5. The number of hydrogen-bond acceptors (Lipinski definition) is 7. The van der Waals surface area contributed by atoms with Crippen molar-refractivity contribution in [3.63, 3.8) is 0 Å². The molecule has 37 heavy (non-hydrogen) atoms. The van der Waals surface area contributed by atoms with Gasteiger partial charge in [0.2, 0.25) is 0 Å². The fraction of sp³-hybridized carbons (Fsp3) is 0.231. The van der Waals surface area contributed by atoms with Crippen LogP contribution in [0.2, 0.25) is 0 Å². The van der Waals surface area contributed by atoms with Crippen LogP contribution < -0.4 is 5.32 Å². The molecule has 2 N–H and O–H groups in total. The first-order valence-electron chi connectivity index (χ1n) is 10.8. The number of halogens is 3. The van der Waals surface area contributed by atoms with Crippen LogP contribution in [-0.4, -0.2) is 35.4 Å². The number of carbonyl (C=O) groups is 3. The quantitative estimate of drug-likeness (QED) is 0.0674. The van der Waals surface area contributed by atoms with Crippen LogP contribution in [0.3, 0.4) is 0 Å². The standard InChI is InChI=1S/C26H25F3N2O6/c1-26(2,3)37-31-12-20(25(35)30-11-19-21(28)9-18(27)10-22(19)29)23(34)24(17(13-32)14-33)36-15-16-7-5-4-6-8-16/h4-10,12-14,34H,11,15H2,1-3H3,(H,30,35)/b23-20-,31-12+. The molecule has 0 unspecified atom stereocenters. The van der Waals surface area contributed by atoms with E-state index in [9.17, 15) is 32.7 Å². The highest BCUT2D eigenvalue weighted by molar-refractivity contribution is 6.13. The van der Waals surface area contributed by atoms with Crippen LogP contribution in [0.1, 0.15) is 31.9 Å². The van der Waals surface area contributed by atoms with Crippen LogP contribution >= 0.6 is 0 Å². The average molecular weight is 518 g/mol. The fourth-order valence-corrected chi connectivity index (χ4v) is 2.74. The molecule has 0 bridgehead atoms. The Hall–Kier alpha value is -4.41. The van der Waals surface area contributed by atoms with Gasteiger partial charge in [0, 0.05) is 24.2 Å². The van der Waals surface area contributed by atoms with Crippen LogP contribution in [0.4, 0.5) is 13.2 Å². The van der Waals surface area contributed by atoms with Gasteiger partial charge in [0.1, 0.15) is 35.2 Å². The van der Waals surface area contributed by atoms with Gasteiger partial charge in [-0.3, -0.25) is 14.4 Å². The number of benzene rings is 2. The zero-order valence-corrected chi connectivity index (χ0v) is 20.3. The number of nitrogens with one attached hydrogen (secondary N) is 1. The molecule has 8 nitrogen and oxygen atoms in total. The Labute approximate surface area is 211 Å². The molecular formula is C26H25F3N2O6. The summed E-state index contributed by atoms with van der Waals surface area (Å²) >= 11 is 0. The number of aldehydes is 2. The highest BCUT2D eigenvalue weighted by atomic mass is 19.1. The van der Waals surface area contributed by atoms with Gasteiger partial charge in [0.25, 0.3) is 5.91 Å². The molecule has 1 amide bonds. The van der Waals surface area contributed by atoms with E-state index in [1.165, 1.54) is 0 Å². The van der Waals surface area contributed by atoms with Crippen LogP contribution in [-0.2, 0) is 37.1 Å². The van der Waals surface area contributed by atoms with Crippen molar-refractivity contribution in [2.45, 2.75) is 39.5 Å². The molecule has 0 atom stereocenters. The maximum absolute atomic E-state index is 14.0. The van der Waals surface area contributed by atoms with E-state index in [1.54, 1.807) is 51.1 Å². The van der Waals surface area contributed by atoms with Crippen molar-refractivity contribution in [3.8, 4) is 0 Å². The summed E-state index contributed by atoms with van der Waals surface area (Å²) in [5.74, 6) is -6.36. The Morgan fingerprint density at radius 2 is 1.65 bits per heavy atom. The lowest BCUT2D eigenvalue weighted by molar-refractivity contribution is -0.117. The van der Waals surface area contributed by atoms with Crippen LogP contribution in [0.15, 0.2) is 70.3 Å². The van der Waals surface area contributed by atoms with Gasteiger partial charge < -0.3 is 20.0 Å². The van der Waals surface area contributed by atoms with E-state index in [1.807, 2.05) is 0 Å². The molecule has 2 rings (SSSR count). The summed E-state index contributed by atoms with van der Waals surface area (Å²) < 4.78 is 46.7. The first-order valence-corrected chi connectivity index (χ1v) is 10.8. The topological polar surface area (TPSA) is 114 Å². The van der Waals surface area contributed by atoms with Crippen molar-refractivity contribution in [2.24, 2.45) is 5.16 Å². The molecule has 0 spiro atoms. The predicted octanol–water partition coefficient (Wildman–Crippen LogP) is 4.20. The monoisotopic (exact) mass is 518 g/mol. The molecule has 0 saturated carbocycles. The SMILES string of the molecule is CC(C)(C)O/N=C/C(C(=O)NCc1c(F)cc(F)cc1F)=C(/O)C(OCc1ccccc1)=C(C=O)C=O. The number of aliphatic hydroxyl groups excluding tert-OH is 1. The second-order valence-electron chi connectivity index (χ2n) is 8.53. The van der Waals surface area contributed by atoms with Gasteiger partial charge in [-0.25, -0.2) is 13.2 Å². The second kappa shape index (κ2) is 13.1. The molecule has 0 radical (unpaired) electrons. The van der Waals surface area contributed by atoms with E-state index in [4.69, 9.17) is 9.57 Å². The number of oxime groups is 1. The van der Waals surface area contributed by atoms with Crippen molar-refractivity contribution >= 4 is 24.7 Å². The number of allylic oxidation sites excluding steroid dienone is 1. The highest BCUT2D eigenvalue weighted by Crippen LogP contribution is 2.20. The molecule has 0 aromatic heterocycles. The van der Waals surface area contributed by atoms with E-state index < -0.39 is 63.7 Å². The average Bonchev–Trinajstić information content (AvgIpc) is 2.83. The van der Waals surface area contributed by atoms with Gasteiger partial charge in [-0.05, 0) is 26.3 Å². The lowest BCUT2D eigenvalue weighted by atomic mass is 10.1. The van der Waals surface area contributed by atoms with Crippen molar-refractivity contribution in [1.29, 1.82) is 0 Å². The number of aliphatic hydroxyl groups is 1. The minimum Gasteiger partial charge on any atom is -0.504 e. The Balaban J connectivity index is 2.48. The van der Waals surface area contributed by atoms with Gasteiger partial charge in [-0.1, -0.05) is 35.5 Å². The lowest BCUT2D eigenvalue weighted by Crippen LogP contribution is -2.28. The smallest absolute Gasteiger partial charge is 0.257 e. The van der Waals surface area contributed by atoms with Crippen molar-refractivity contribution in [1.82, 2.24) is 5.32 Å². The summed E-state index contributed by atoms with van der Waals surface area (Å²) in [5.41, 5.74) is -2.11. The number of rotatable bonds is 11. The summed E-state index contributed by atoms with van der Waals surface area (Å²) in [6.07, 6.45) is 1.02. The highest BCUT2D eigenvalue weighted by Gasteiger charge is 2.23. The zero-order chi connectivity index (χ0) is 27.6. The molecule has 0 heterocycles. The molecule has 0 aliphatic heterocycles. The lowest BCUT2D eigenvalue weighted by Gasteiger charge is -2.16. The summed E-state index contributed by atoms with van der Waals surface area (Å²) in [5, 5.41) is 16.7. The molecular weight excluding hydrogens is 493 g/mol. The minimum absolute atomic E-state index is 0.116. The van der Waals surface area contributed by atoms with Gasteiger partial charge in [0.15, 0.2) is 24.1 Å². The third kappa shape index (κ3) is 8.64. The van der Waals surface area contributed by atoms with E-state index in [2.05, 4.69) is 10.5 Å². The Kier molecular flexibility index (Phi) is 10.2. The van der Waals surface area contributed by atoms with Gasteiger partial charge in [-0.15, -0.1) is 0 Å². The maximum atomic E-state index is 14.0. The Bertz CT molecular complexity index is 1200.